The van der Waals surface area contributed by atoms with Gasteiger partial charge in [0, 0.05) is 26.1 Å². The van der Waals surface area contributed by atoms with Crippen LogP contribution in [0.5, 0.6) is 0 Å². The number of likely N-dealkylation sites (N-methyl/N-ethyl adjacent to an activating group) is 1. The molecule has 14 heavy (non-hydrogen) atoms. The monoisotopic (exact) mass is 201 g/mol. The van der Waals surface area contributed by atoms with E-state index in [2.05, 4.69) is 5.32 Å². The fourth-order valence-corrected chi connectivity index (χ4v) is 0.981. The second-order valence-electron chi connectivity index (χ2n) is 3.57. The molecule has 0 spiro atoms. The molecule has 0 saturated carbocycles. The summed E-state index contributed by atoms with van der Waals surface area (Å²) >= 11 is 0. The maximum Gasteiger partial charge on any atom is 0.237 e. The van der Waals surface area contributed by atoms with Gasteiger partial charge in [-0.1, -0.05) is 13.8 Å². The fraction of sp³-hybridized carbons (Fsp3) is 0.778. The Balaban J connectivity index is 3.67. The van der Waals surface area contributed by atoms with Crippen molar-refractivity contribution >= 4 is 11.8 Å². The summed E-state index contributed by atoms with van der Waals surface area (Å²) < 4.78 is 0. The Morgan fingerprint density at radius 2 is 2.00 bits per heavy atom. The maximum atomic E-state index is 11.3. The maximum absolute atomic E-state index is 11.3. The smallest absolute Gasteiger partial charge is 0.237 e. The Morgan fingerprint density at radius 3 is 2.43 bits per heavy atom. The summed E-state index contributed by atoms with van der Waals surface area (Å²) in [7, 11) is 1.57. The molecule has 0 aliphatic carbocycles. The number of nitrogens with one attached hydrogen (secondary N) is 1. The molecule has 0 aliphatic rings. The molecule has 0 aliphatic heterocycles. The first-order chi connectivity index (χ1) is 6.43. The van der Waals surface area contributed by atoms with Crippen molar-refractivity contribution in [1.29, 1.82) is 0 Å². The van der Waals surface area contributed by atoms with E-state index >= 15 is 0 Å². The highest BCUT2D eigenvalue weighted by atomic mass is 16.2. The van der Waals surface area contributed by atoms with E-state index in [-0.39, 0.29) is 12.5 Å². The molecule has 3 N–H and O–H groups in total. The van der Waals surface area contributed by atoms with E-state index in [1.807, 2.05) is 13.8 Å². The average molecular weight is 201 g/mol. The Bertz CT molecular complexity index is 204. The Kier molecular flexibility index (Phi) is 5.87. The summed E-state index contributed by atoms with van der Waals surface area (Å²) in [6.45, 7) is 4.63. The molecule has 0 heterocycles. The topological polar surface area (TPSA) is 75.4 Å². The second kappa shape index (κ2) is 6.37. The average Bonchev–Trinajstić information content (AvgIpc) is 2.01. The first-order valence-electron chi connectivity index (χ1n) is 4.69. The number of hydrogen-bond donors (Lipinski definition) is 2. The summed E-state index contributed by atoms with van der Waals surface area (Å²) in [6, 6.07) is 0.365. The predicted octanol–water partition coefficient (Wildman–Crippen LogP) is -0.682. The van der Waals surface area contributed by atoms with E-state index in [1.165, 1.54) is 4.90 Å². The molecule has 0 bridgehead atoms. The SMILES string of the molecule is CC(C)NCCC(=O)N(C)CC(N)=O. The van der Waals surface area contributed by atoms with Crippen LogP contribution >= 0.6 is 0 Å². The van der Waals surface area contributed by atoms with Gasteiger partial charge in [0.05, 0.1) is 6.54 Å². The molecule has 0 atom stereocenters. The van der Waals surface area contributed by atoms with Crippen LogP contribution in [0.4, 0.5) is 0 Å². The van der Waals surface area contributed by atoms with Gasteiger partial charge in [0.25, 0.3) is 0 Å². The number of nitrogens with zero attached hydrogens (tertiary/aromatic N) is 1. The zero-order valence-electron chi connectivity index (χ0n) is 9.04. The van der Waals surface area contributed by atoms with Crippen molar-refractivity contribution < 1.29 is 9.59 Å². The highest BCUT2D eigenvalue weighted by Crippen LogP contribution is 1.89. The van der Waals surface area contributed by atoms with Crippen molar-refractivity contribution in [2.24, 2.45) is 5.73 Å². The summed E-state index contributed by atoms with van der Waals surface area (Å²) in [5.41, 5.74) is 4.96. The van der Waals surface area contributed by atoms with Gasteiger partial charge in [0.1, 0.15) is 0 Å². The van der Waals surface area contributed by atoms with Gasteiger partial charge in [-0.05, 0) is 0 Å². The third-order valence-electron chi connectivity index (χ3n) is 1.71. The van der Waals surface area contributed by atoms with Crippen LogP contribution in [-0.2, 0) is 9.59 Å². The molecule has 0 fully saturated rings. The summed E-state index contributed by atoms with van der Waals surface area (Å²) in [5.74, 6) is -0.561. The van der Waals surface area contributed by atoms with Crippen molar-refractivity contribution in [2.75, 3.05) is 20.1 Å². The van der Waals surface area contributed by atoms with Gasteiger partial charge in [-0.15, -0.1) is 0 Å². The lowest BCUT2D eigenvalue weighted by Crippen LogP contribution is -2.37. The highest BCUT2D eigenvalue weighted by molar-refractivity contribution is 5.83. The zero-order chi connectivity index (χ0) is 11.1. The minimum Gasteiger partial charge on any atom is -0.368 e. The van der Waals surface area contributed by atoms with Crippen molar-refractivity contribution in [3.8, 4) is 0 Å². The number of carbonyl (C=O) groups excluding carboxylic acids is 2. The molecule has 0 unspecified atom stereocenters. The molecule has 82 valence electrons. The molecule has 0 radical (unpaired) electrons. The standard InChI is InChI=1S/C9H19N3O2/c1-7(2)11-5-4-9(14)12(3)6-8(10)13/h7,11H,4-6H2,1-3H3,(H2,10,13). The van der Waals surface area contributed by atoms with Crippen molar-refractivity contribution in [3.63, 3.8) is 0 Å². The quantitative estimate of drug-likeness (QED) is 0.597. The van der Waals surface area contributed by atoms with E-state index in [0.717, 1.165) is 0 Å². The number of carbonyl (C=O) groups is 2. The van der Waals surface area contributed by atoms with Crippen molar-refractivity contribution in [3.05, 3.63) is 0 Å². The van der Waals surface area contributed by atoms with Crippen molar-refractivity contribution in [1.82, 2.24) is 10.2 Å². The van der Waals surface area contributed by atoms with Crippen LogP contribution in [0.2, 0.25) is 0 Å². The molecule has 0 rings (SSSR count). The van der Waals surface area contributed by atoms with Gasteiger partial charge in [-0.25, -0.2) is 0 Å². The summed E-state index contributed by atoms with van der Waals surface area (Å²) in [5, 5.41) is 3.12. The zero-order valence-corrected chi connectivity index (χ0v) is 9.04. The van der Waals surface area contributed by atoms with Gasteiger partial charge in [0.15, 0.2) is 0 Å². The summed E-state index contributed by atoms with van der Waals surface area (Å²) in [6.07, 6.45) is 0.391. The normalized spacial score (nSPS) is 10.3. The van der Waals surface area contributed by atoms with Crippen LogP contribution < -0.4 is 11.1 Å². The molecular formula is C9H19N3O2. The van der Waals surface area contributed by atoms with Crippen LogP contribution in [0.25, 0.3) is 0 Å². The van der Waals surface area contributed by atoms with Gasteiger partial charge < -0.3 is 16.0 Å². The molecule has 5 nitrogen and oxygen atoms in total. The van der Waals surface area contributed by atoms with Crippen LogP contribution in [-0.4, -0.2) is 42.9 Å². The molecule has 5 heteroatoms. The number of amides is 2. The number of primary amides is 1. The van der Waals surface area contributed by atoms with E-state index in [9.17, 15) is 9.59 Å². The van der Waals surface area contributed by atoms with E-state index in [1.54, 1.807) is 7.05 Å². The lowest BCUT2D eigenvalue weighted by molar-refractivity contribution is -0.133. The molecule has 0 aromatic heterocycles. The largest absolute Gasteiger partial charge is 0.368 e. The first-order valence-corrected chi connectivity index (χ1v) is 4.69. The Hall–Kier alpha value is -1.10. The number of nitrogens with two attached hydrogens (primary N) is 1. The van der Waals surface area contributed by atoms with E-state index in [4.69, 9.17) is 5.73 Å². The van der Waals surface area contributed by atoms with Crippen molar-refractivity contribution in [2.45, 2.75) is 26.3 Å². The molecule has 2 amide bonds. The van der Waals surface area contributed by atoms with Gasteiger partial charge in [-0.3, -0.25) is 9.59 Å². The minimum atomic E-state index is -0.488. The highest BCUT2D eigenvalue weighted by Gasteiger charge is 2.10. The van der Waals surface area contributed by atoms with Crippen LogP contribution in [0, 0.1) is 0 Å². The summed E-state index contributed by atoms with van der Waals surface area (Å²) in [4.78, 5) is 23.2. The minimum absolute atomic E-state index is 0.0134. The molecular weight excluding hydrogens is 182 g/mol. The van der Waals surface area contributed by atoms with Gasteiger partial charge in [-0.2, -0.15) is 0 Å². The molecule has 0 aromatic carbocycles. The van der Waals surface area contributed by atoms with Crippen LogP contribution in [0.3, 0.4) is 0 Å². The lowest BCUT2D eigenvalue weighted by atomic mass is 10.3. The third kappa shape index (κ3) is 6.42. The number of hydrogen-bond acceptors (Lipinski definition) is 3. The van der Waals surface area contributed by atoms with E-state index < -0.39 is 5.91 Å². The van der Waals surface area contributed by atoms with Crippen LogP contribution in [0.15, 0.2) is 0 Å². The first kappa shape index (κ1) is 12.9. The fourth-order valence-electron chi connectivity index (χ4n) is 0.981. The molecule has 0 saturated heterocycles. The molecule has 0 aromatic rings. The third-order valence-corrected chi connectivity index (χ3v) is 1.71. The van der Waals surface area contributed by atoms with Gasteiger partial charge in [0.2, 0.25) is 11.8 Å². The predicted molar refractivity (Wildman–Crippen MR) is 54.6 cm³/mol. The lowest BCUT2D eigenvalue weighted by Gasteiger charge is -2.15. The Morgan fingerprint density at radius 1 is 1.43 bits per heavy atom. The Labute approximate surface area is 84.6 Å². The van der Waals surface area contributed by atoms with E-state index in [0.29, 0.717) is 19.0 Å². The van der Waals surface area contributed by atoms with Crippen LogP contribution in [0.1, 0.15) is 20.3 Å². The second-order valence-corrected chi connectivity index (χ2v) is 3.57. The van der Waals surface area contributed by atoms with Gasteiger partial charge >= 0.3 is 0 Å². The number of rotatable bonds is 6.